The van der Waals surface area contributed by atoms with E-state index in [4.69, 9.17) is 34.8 Å². The van der Waals surface area contributed by atoms with E-state index in [1.165, 1.54) is 64.5 Å². The van der Waals surface area contributed by atoms with Crippen LogP contribution in [0.2, 0.25) is 15.7 Å². The summed E-state index contributed by atoms with van der Waals surface area (Å²) in [6, 6.07) is 3.68. The molecule has 12 nitrogen and oxygen atoms in total. The first kappa shape index (κ1) is 41.2. The summed E-state index contributed by atoms with van der Waals surface area (Å²) >= 11 is 17.0. The van der Waals surface area contributed by atoms with Crippen LogP contribution in [0.4, 0.5) is 17.5 Å². The Kier molecular flexibility index (Phi) is 15.1. The highest BCUT2D eigenvalue weighted by Gasteiger charge is 2.31. The maximum atomic E-state index is 6.03. The molecule has 4 aliphatic heterocycles. The van der Waals surface area contributed by atoms with Gasteiger partial charge in [-0.25, -0.2) is 29.9 Å². The van der Waals surface area contributed by atoms with Gasteiger partial charge in [-0.3, -0.25) is 9.97 Å². The van der Waals surface area contributed by atoms with Crippen molar-refractivity contribution in [2.45, 2.75) is 79.1 Å². The molecule has 55 heavy (non-hydrogen) atoms. The number of nitrogens with one attached hydrogen (secondary N) is 1. The molecule has 296 valence electrons. The molecule has 0 unspecified atom stereocenters. The van der Waals surface area contributed by atoms with E-state index in [9.17, 15) is 0 Å². The zero-order valence-electron chi connectivity index (χ0n) is 32.6. The summed E-state index contributed by atoms with van der Waals surface area (Å²) in [5.41, 5.74) is 3.67. The molecule has 1 N–H and O–H groups in total. The summed E-state index contributed by atoms with van der Waals surface area (Å²) in [7, 11) is 0. The van der Waals surface area contributed by atoms with E-state index in [1.807, 2.05) is 51.6 Å². The van der Waals surface area contributed by atoms with Crippen LogP contribution < -0.4 is 20.0 Å². The predicted molar refractivity (Wildman–Crippen MR) is 223 cm³/mol. The zero-order chi connectivity index (χ0) is 38.7. The van der Waals surface area contributed by atoms with Gasteiger partial charge in [0.2, 0.25) is 10.6 Å². The second kappa shape index (κ2) is 20.1. The van der Waals surface area contributed by atoms with Crippen LogP contribution in [0.15, 0.2) is 36.9 Å². The van der Waals surface area contributed by atoms with Gasteiger partial charge >= 0.3 is 0 Å². The standard InChI is InChI=1S/C20H27ClN6.C15H24N4.C5H4Cl2N2/c1-14-11-18(25-20(21)24-14)26-7-3-16(4-8-26)17-5-9-27(10-6-17)19-13-22-15(2)12-23-19;1-12-10-18-15(11-17-12)19-8-4-14(5-9-19)13-2-6-16-7-3-13;1-3-2-4(6)9-5(7)8-3/h11-13,16-17H,3-10H2,1-2H3;10-11,13-14,16H,2-9H2,1H3;2H,1H3. The predicted octanol–water partition coefficient (Wildman–Crippen LogP) is 7.76. The molecular weight excluding hydrogens is 755 g/mol. The van der Waals surface area contributed by atoms with Crippen molar-refractivity contribution in [2.75, 3.05) is 67.1 Å². The van der Waals surface area contributed by atoms with Crippen molar-refractivity contribution < 1.29 is 0 Å². The smallest absolute Gasteiger partial charge is 0.224 e. The van der Waals surface area contributed by atoms with E-state index in [-0.39, 0.29) is 5.28 Å². The molecule has 0 radical (unpaired) electrons. The molecule has 0 amide bonds. The van der Waals surface area contributed by atoms with Crippen molar-refractivity contribution in [3.05, 3.63) is 75.4 Å². The summed E-state index contributed by atoms with van der Waals surface area (Å²) in [4.78, 5) is 40.9. The highest BCUT2D eigenvalue weighted by Crippen LogP contribution is 2.35. The summed E-state index contributed by atoms with van der Waals surface area (Å²) in [5.74, 6) is 6.55. The van der Waals surface area contributed by atoms with Gasteiger partial charge in [-0.2, -0.15) is 0 Å². The van der Waals surface area contributed by atoms with Crippen molar-refractivity contribution in [3.63, 3.8) is 0 Å². The third-order valence-corrected chi connectivity index (χ3v) is 12.0. The molecule has 0 atom stereocenters. The Morgan fingerprint density at radius 3 is 1.24 bits per heavy atom. The first-order valence-corrected chi connectivity index (χ1v) is 20.9. The van der Waals surface area contributed by atoms with E-state index in [0.717, 1.165) is 103 Å². The molecule has 4 fully saturated rings. The molecular formula is C40H55Cl3N12. The van der Waals surface area contributed by atoms with Crippen LogP contribution >= 0.6 is 34.8 Å². The van der Waals surface area contributed by atoms with Crippen LogP contribution in [-0.4, -0.2) is 92.2 Å². The maximum Gasteiger partial charge on any atom is 0.224 e. The second-order valence-corrected chi connectivity index (χ2v) is 16.4. The Hall–Kier alpha value is -3.45. The number of piperidine rings is 4. The summed E-state index contributed by atoms with van der Waals surface area (Å²) < 4.78 is 0. The van der Waals surface area contributed by atoms with Crippen LogP contribution in [0.25, 0.3) is 0 Å². The average Bonchev–Trinajstić information content (AvgIpc) is 3.19. The number of rotatable bonds is 5. The van der Waals surface area contributed by atoms with Gasteiger partial charge < -0.3 is 20.0 Å². The van der Waals surface area contributed by atoms with Gasteiger partial charge in [0.05, 0.1) is 36.2 Å². The number of aryl methyl sites for hydroxylation is 4. The quantitative estimate of drug-likeness (QED) is 0.157. The third-order valence-electron chi connectivity index (χ3n) is 11.5. The number of halogens is 3. The van der Waals surface area contributed by atoms with E-state index in [2.05, 4.69) is 59.9 Å². The summed E-state index contributed by atoms with van der Waals surface area (Å²) in [6.07, 6.45) is 17.9. The monoisotopic (exact) mass is 808 g/mol. The van der Waals surface area contributed by atoms with E-state index in [1.54, 1.807) is 13.0 Å². The Bertz CT molecular complexity index is 1700. The van der Waals surface area contributed by atoms with Gasteiger partial charge in [-0.15, -0.1) is 0 Å². The van der Waals surface area contributed by atoms with E-state index in [0.29, 0.717) is 10.4 Å². The lowest BCUT2D eigenvalue weighted by Gasteiger charge is -2.40. The van der Waals surface area contributed by atoms with Crippen molar-refractivity contribution in [3.8, 4) is 0 Å². The topological polar surface area (TPSA) is 125 Å². The molecule has 4 saturated heterocycles. The molecule has 0 aliphatic carbocycles. The van der Waals surface area contributed by atoms with Crippen molar-refractivity contribution in [1.82, 2.24) is 45.2 Å². The minimum Gasteiger partial charge on any atom is -0.356 e. The Labute approximate surface area is 341 Å². The highest BCUT2D eigenvalue weighted by molar-refractivity contribution is 6.31. The molecule has 15 heteroatoms. The molecule has 0 aromatic carbocycles. The Morgan fingerprint density at radius 2 is 0.855 bits per heavy atom. The van der Waals surface area contributed by atoms with Crippen LogP contribution in [-0.2, 0) is 0 Å². The van der Waals surface area contributed by atoms with Gasteiger partial charge in [-0.05, 0) is 145 Å². The molecule has 0 spiro atoms. The fourth-order valence-electron chi connectivity index (χ4n) is 8.39. The van der Waals surface area contributed by atoms with Crippen LogP contribution in [0.5, 0.6) is 0 Å². The first-order chi connectivity index (χ1) is 26.6. The van der Waals surface area contributed by atoms with Crippen molar-refractivity contribution in [1.29, 1.82) is 0 Å². The Morgan fingerprint density at radius 1 is 0.455 bits per heavy atom. The van der Waals surface area contributed by atoms with Crippen LogP contribution in [0.1, 0.15) is 74.1 Å². The van der Waals surface area contributed by atoms with Crippen molar-refractivity contribution in [2.24, 2.45) is 23.7 Å². The molecule has 8 heterocycles. The SMILES string of the molecule is Cc1cc(Cl)nc(Cl)n1.Cc1cnc(N2CCC(C3CCN(c4cc(C)nc(Cl)n4)CC3)CC2)cn1.Cc1cnc(N2CCC(C3CCNCC3)CC2)cn1. The van der Waals surface area contributed by atoms with E-state index >= 15 is 0 Å². The van der Waals surface area contributed by atoms with Gasteiger partial charge in [0, 0.05) is 56.7 Å². The number of aromatic nitrogens is 8. The fraction of sp³-hybridized carbons (Fsp3) is 0.600. The lowest BCUT2D eigenvalue weighted by atomic mass is 9.79. The normalized spacial score (nSPS) is 19.0. The molecule has 4 aromatic heterocycles. The molecule has 0 saturated carbocycles. The molecule has 0 bridgehead atoms. The lowest BCUT2D eigenvalue weighted by molar-refractivity contribution is 0.221. The van der Waals surface area contributed by atoms with Crippen molar-refractivity contribution >= 4 is 52.3 Å². The molecule has 4 aliphatic rings. The third kappa shape index (κ3) is 12.3. The summed E-state index contributed by atoms with van der Waals surface area (Å²) in [6.45, 7) is 16.7. The minimum atomic E-state index is 0.194. The maximum absolute atomic E-state index is 6.03. The largest absolute Gasteiger partial charge is 0.356 e. The number of anilines is 3. The molecule has 4 aromatic rings. The van der Waals surface area contributed by atoms with Gasteiger partial charge in [0.25, 0.3) is 0 Å². The van der Waals surface area contributed by atoms with Gasteiger partial charge in [-0.1, -0.05) is 11.6 Å². The zero-order valence-corrected chi connectivity index (χ0v) is 34.9. The average molecular weight is 810 g/mol. The first-order valence-electron chi connectivity index (χ1n) is 19.8. The molecule has 8 rings (SSSR count). The van der Waals surface area contributed by atoms with Crippen LogP contribution in [0, 0.1) is 51.4 Å². The number of hydrogen-bond acceptors (Lipinski definition) is 12. The summed E-state index contributed by atoms with van der Waals surface area (Å²) in [5, 5.41) is 4.39. The lowest BCUT2D eigenvalue weighted by Crippen LogP contribution is -2.41. The number of hydrogen-bond donors (Lipinski definition) is 1. The minimum absolute atomic E-state index is 0.194. The second-order valence-electron chi connectivity index (χ2n) is 15.3. The van der Waals surface area contributed by atoms with E-state index < -0.39 is 0 Å². The van der Waals surface area contributed by atoms with Crippen LogP contribution in [0.3, 0.4) is 0 Å². The highest BCUT2D eigenvalue weighted by atomic mass is 35.5. The fourth-order valence-corrected chi connectivity index (χ4v) is 9.11. The van der Waals surface area contributed by atoms with Gasteiger partial charge in [0.15, 0.2) is 0 Å². The van der Waals surface area contributed by atoms with Gasteiger partial charge in [0.1, 0.15) is 22.6 Å². The number of nitrogens with zero attached hydrogens (tertiary/aromatic N) is 11. The Balaban J connectivity index is 0.000000159.